The summed E-state index contributed by atoms with van der Waals surface area (Å²) in [5.41, 5.74) is 2.53. The molecule has 33 heavy (non-hydrogen) atoms. The molecule has 2 amide bonds. The lowest BCUT2D eigenvalue weighted by molar-refractivity contribution is -0.118. The molecule has 3 aromatic carbocycles. The molecule has 0 aliphatic heterocycles. The molecule has 0 bridgehead atoms. The summed E-state index contributed by atoms with van der Waals surface area (Å²) in [5.74, 6) is -0.164. The fourth-order valence-electron chi connectivity index (χ4n) is 2.98. The minimum absolute atomic E-state index is 0.204. The summed E-state index contributed by atoms with van der Waals surface area (Å²) in [7, 11) is -2.21. The Morgan fingerprint density at radius 2 is 1.52 bits per heavy atom. The van der Waals surface area contributed by atoms with Gasteiger partial charge in [0.15, 0.2) is 6.61 Å². The second-order valence-corrected chi connectivity index (χ2v) is 9.35. The Morgan fingerprint density at radius 3 is 2.12 bits per heavy atom. The van der Waals surface area contributed by atoms with Gasteiger partial charge >= 0.3 is 0 Å². The maximum absolute atomic E-state index is 12.8. The van der Waals surface area contributed by atoms with Gasteiger partial charge in [-0.05, 0) is 61.5 Å². The Kier molecular flexibility index (Phi) is 7.34. The summed E-state index contributed by atoms with van der Waals surface area (Å²) in [6.45, 7) is 3.06. The zero-order chi connectivity index (χ0) is 24.0. The molecule has 0 heterocycles. The van der Waals surface area contributed by atoms with Crippen molar-refractivity contribution in [3.05, 3.63) is 78.4 Å². The van der Waals surface area contributed by atoms with Gasteiger partial charge in [-0.3, -0.25) is 13.9 Å². The van der Waals surface area contributed by atoms with Gasteiger partial charge in [0.2, 0.25) is 5.91 Å². The third-order valence-corrected chi connectivity index (χ3v) is 6.52. The molecule has 3 aromatic rings. The van der Waals surface area contributed by atoms with Crippen LogP contribution < -0.4 is 19.7 Å². The first kappa shape index (κ1) is 23.8. The minimum atomic E-state index is -3.69. The van der Waals surface area contributed by atoms with E-state index in [9.17, 15) is 18.0 Å². The minimum Gasteiger partial charge on any atom is -0.484 e. The number of hydrogen-bond acceptors (Lipinski definition) is 5. The molecule has 9 heteroatoms. The lowest BCUT2D eigenvalue weighted by atomic mass is 10.2. The van der Waals surface area contributed by atoms with Crippen LogP contribution in [-0.2, 0) is 19.6 Å². The van der Waals surface area contributed by atoms with Crippen LogP contribution in [0.2, 0.25) is 0 Å². The average Bonchev–Trinajstić information content (AvgIpc) is 2.77. The van der Waals surface area contributed by atoms with E-state index in [2.05, 4.69) is 10.6 Å². The molecular formula is C24H25N3O5S. The molecule has 0 saturated carbocycles. The van der Waals surface area contributed by atoms with E-state index in [4.69, 9.17) is 4.74 Å². The van der Waals surface area contributed by atoms with Crippen molar-refractivity contribution in [2.75, 3.05) is 28.6 Å². The number of benzene rings is 3. The number of sulfonamides is 1. The van der Waals surface area contributed by atoms with E-state index in [1.165, 1.54) is 18.3 Å². The molecule has 0 aliphatic carbocycles. The van der Waals surface area contributed by atoms with Crippen LogP contribution in [0.4, 0.5) is 17.1 Å². The SMILES string of the molecule is CC(=O)Nc1cccc(NC(=O)COc2ccc(N(C)S(=O)(=O)c3ccc(C)cc3)cc2)c1. The van der Waals surface area contributed by atoms with Crippen molar-refractivity contribution >= 4 is 38.9 Å². The summed E-state index contributed by atoms with van der Waals surface area (Å²) in [5, 5.41) is 5.34. The van der Waals surface area contributed by atoms with E-state index in [1.807, 2.05) is 6.92 Å². The van der Waals surface area contributed by atoms with Gasteiger partial charge in [-0.25, -0.2) is 8.42 Å². The van der Waals surface area contributed by atoms with Crippen LogP contribution in [0.1, 0.15) is 12.5 Å². The number of ether oxygens (including phenoxy) is 1. The van der Waals surface area contributed by atoms with E-state index in [1.54, 1.807) is 72.8 Å². The van der Waals surface area contributed by atoms with Crippen molar-refractivity contribution in [2.45, 2.75) is 18.7 Å². The first-order chi connectivity index (χ1) is 15.6. The largest absolute Gasteiger partial charge is 0.484 e. The number of hydrogen-bond donors (Lipinski definition) is 2. The molecule has 0 spiro atoms. The Bertz CT molecular complexity index is 1240. The third kappa shape index (κ3) is 6.33. The maximum Gasteiger partial charge on any atom is 0.264 e. The first-order valence-electron chi connectivity index (χ1n) is 10.1. The van der Waals surface area contributed by atoms with E-state index in [0.717, 1.165) is 5.56 Å². The predicted octanol–water partition coefficient (Wildman–Crippen LogP) is 3.80. The highest BCUT2D eigenvalue weighted by Gasteiger charge is 2.21. The number of carbonyl (C=O) groups excluding carboxylic acids is 2. The number of nitrogens with one attached hydrogen (secondary N) is 2. The molecule has 0 saturated heterocycles. The molecule has 8 nitrogen and oxygen atoms in total. The Labute approximate surface area is 193 Å². The number of amides is 2. The summed E-state index contributed by atoms with van der Waals surface area (Å²) in [6, 6.07) is 19.8. The summed E-state index contributed by atoms with van der Waals surface area (Å²) < 4.78 is 32.3. The summed E-state index contributed by atoms with van der Waals surface area (Å²) in [6.07, 6.45) is 0. The Hall–Kier alpha value is -3.85. The van der Waals surface area contributed by atoms with Crippen LogP contribution in [0.3, 0.4) is 0 Å². The standard InChI is InChI=1S/C24H25N3O5S/c1-17-7-13-23(14-8-17)33(30,31)27(3)21-9-11-22(12-10-21)32-16-24(29)26-20-6-4-5-19(15-20)25-18(2)28/h4-15H,16H2,1-3H3,(H,25,28)(H,26,29). The van der Waals surface area contributed by atoms with Gasteiger partial charge in [-0.1, -0.05) is 23.8 Å². The van der Waals surface area contributed by atoms with Crippen molar-refractivity contribution in [2.24, 2.45) is 0 Å². The molecule has 0 radical (unpaired) electrons. The third-order valence-electron chi connectivity index (χ3n) is 4.72. The lowest BCUT2D eigenvalue weighted by Gasteiger charge is -2.20. The zero-order valence-electron chi connectivity index (χ0n) is 18.5. The van der Waals surface area contributed by atoms with Crippen molar-refractivity contribution in [1.29, 1.82) is 0 Å². The van der Waals surface area contributed by atoms with Gasteiger partial charge < -0.3 is 15.4 Å². The highest BCUT2D eigenvalue weighted by atomic mass is 32.2. The van der Waals surface area contributed by atoms with Crippen LogP contribution in [-0.4, -0.2) is 33.9 Å². The van der Waals surface area contributed by atoms with E-state index in [0.29, 0.717) is 22.8 Å². The fraction of sp³-hybridized carbons (Fsp3) is 0.167. The van der Waals surface area contributed by atoms with Crippen LogP contribution in [0, 0.1) is 6.92 Å². The average molecular weight is 468 g/mol. The van der Waals surface area contributed by atoms with Crippen LogP contribution >= 0.6 is 0 Å². The van der Waals surface area contributed by atoms with Crippen molar-refractivity contribution in [3.63, 3.8) is 0 Å². The molecule has 0 aliphatic rings. The van der Waals surface area contributed by atoms with Crippen molar-refractivity contribution in [3.8, 4) is 5.75 Å². The maximum atomic E-state index is 12.8. The van der Waals surface area contributed by atoms with Crippen molar-refractivity contribution < 1.29 is 22.7 Å². The van der Waals surface area contributed by atoms with Gasteiger partial charge in [0.05, 0.1) is 10.6 Å². The predicted molar refractivity (Wildman–Crippen MR) is 128 cm³/mol. The summed E-state index contributed by atoms with van der Waals surface area (Å²) >= 11 is 0. The van der Waals surface area contributed by atoms with Gasteiger partial charge in [0, 0.05) is 25.3 Å². The smallest absolute Gasteiger partial charge is 0.264 e. The fourth-order valence-corrected chi connectivity index (χ4v) is 4.18. The molecule has 2 N–H and O–H groups in total. The second kappa shape index (κ2) is 10.2. The normalized spacial score (nSPS) is 10.9. The molecular weight excluding hydrogens is 442 g/mol. The lowest BCUT2D eigenvalue weighted by Crippen LogP contribution is -2.26. The Morgan fingerprint density at radius 1 is 0.909 bits per heavy atom. The molecule has 0 fully saturated rings. The zero-order valence-corrected chi connectivity index (χ0v) is 19.3. The molecule has 0 aromatic heterocycles. The first-order valence-corrected chi connectivity index (χ1v) is 11.5. The number of aryl methyl sites for hydroxylation is 1. The summed E-state index contributed by atoms with van der Waals surface area (Å²) in [4.78, 5) is 23.6. The van der Waals surface area contributed by atoms with Gasteiger partial charge in [0.25, 0.3) is 15.9 Å². The van der Waals surface area contributed by atoms with Crippen LogP contribution in [0.25, 0.3) is 0 Å². The van der Waals surface area contributed by atoms with Gasteiger partial charge in [-0.2, -0.15) is 0 Å². The van der Waals surface area contributed by atoms with Crippen molar-refractivity contribution in [1.82, 2.24) is 0 Å². The number of nitrogens with zero attached hydrogens (tertiary/aromatic N) is 1. The Balaban J connectivity index is 1.59. The topological polar surface area (TPSA) is 105 Å². The molecule has 3 rings (SSSR count). The quantitative estimate of drug-likeness (QED) is 0.524. The van der Waals surface area contributed by atoms with Gasteiger partial charge in [-0.15, -0.1) is 0 Å². The van der Waals surface area contributed by atoms with Crippen LogP contribution in [0.5, 0.6) is 5.75 Å². The molecule has 0 atom stereocenters. The monoisotopic (exact) mass is 467 g/mol. The number of anilines is 3. The highest BCUT2D eigenvalue weighted by Crippen LogP contribution is 2.24. The van der Waals surface area contributed by atoms with Gasteiger partial charge in [0.1, 0.15) is 5.75 Å². The second-order valence-electron chi connectivity index (χ2n) is 7.38. The van der Waals surface area contributed by atoms with E-state index >= 15 is 0 Å². The van der Waals surface area contributed by atoms with Crippen LogP contribution in [0.15, 0.2) is 77.7 Å². The molecule has 0 unspecified atom stereocenters. The van der Waals surface area contributed by atoms with E-state index < -0.39 is 10.0 Å². The number of rotatable bonds is 8. The number of carbonyl (C=O) groups is 2. The highest BCUT2D eigenvalue weighted by molar-refractivity contribution is 7.92. The molecule has 172 valence electrons. The van der Waals surface area contributed by atoms with E-state index in [-0.39, 0.29) is 23.3 Å².